The molecule has 182 valence electrons. The van der Waals surface area contributed by atoms with Crippen LogP contribution in [0.2, 0.25) is 10.0 Å². The molecule has 34 heavy (non-hydrogen) atoms. The van der Waals surface area contributed by atoms with E-state index in [1.807, 2.05) is 32.6 Å². The number of halogens is 2. The lowest BCUT2D eigenvalue weighted by molar-refractivity contribution is 0.0148. The van der Waals surface area contributed by atoms with Gasteiger partial charge in [0, 0.05) is 51.6 Å². The summed E-state index contributed by atoms with van der Waals surface area (Å²) >= 11 is 12.6. The lowest BCUT2D eigenvalue weighted by Gasteiger charge is -2.37. The number of aliphatic hydroxyl groups excluding tert-OH is 1. The number of likely N-dealkylation sites (tertiary alicyclic amines) is 1. The summed E-state index contributed by atoms with van der Waals surface area (Å²) in [5, 5.41) is 11.0. The molecule has 9 heteroatoms. The van der Waals surface area contributed by atoms with Crippen molar-refractivity contribution in [1.82, 2.24) is 14.8 Å². The van der Waals surface area contributed by atoms with Crippen LogP contribution in [0.1, 0.15) is 60.9 Å². The Labute approximate surface area is 209 Å². The van der Waals surface area contributed by atoms with Crippen molar-refractivity contribution in [1.29, 1.82) is 0 Å². The van der Waals surface area contributed by atoms with Gasteiger partial charge < -0.3 is 19.6 Å². The van der Waals surface area contributed by atoms with Crippen LogP contribution < -0.4 is 0 Å². The van der Waals surface area contributed by atoms with E-state index in [9.17, 15) is 14.7 Å². The number of benzene rings is 1. The molecule has 1 aromatic carbocycles. The summed E-state index contributed by atoms with van der Waals surface area (Å²) in [6.07, 6.45) is 0.982. The second-order valence-corrected chi connectivity index (χ2v) is 10.6. The molecule has 7 nitrogen and oxygen atoms in total. The summed E-state index contributed by atoms with van der Waals surface area (Å²) in [5.74, 6) is -0.131. The average Bonchev–Trinajstić information content (AvgIpc) is 3.08. The number of aliphatic hydroxyl groups is 1. The third-order valence-electron chi connectivity index (χ3n) is 6.29. The average molecular weight is 506 g/mol. The van der Waals surface area contributed by atoms with Gasteiger partial charge in [-0.05, 0) is 52.7 Å². The van der Waals surface area contributed by atoms with E-state index in [0.29, 0.717) is 76.2 Å². The molecule has 0 bridgehead atoms. The van der Waals surface area contributed by atoms with Gasteiger partial charge in [0.25, 0.3) is 5.91 Å². The summed E-state index contributed by atoms with van der Waals surface area (Å²) in [6.45, 7) is 8.52. The number of rotatable bonds is 3. The summed E-state index contributed by atoms with van der Waals surface area (Å²) in [7, 11) is 0. The number of ether oxygens (including phenoxy) is 1. The van der Waals surface area contributed by atoms with Crippen LogP contribution in [-0.2, 0) is 17.9 Å². The molecule has 2 amide bonds. The maximum Gasteiger partial charge on any atom is 0.410 e. The molecule has 0 spiro atoms. The molecule has 1 saturated heterocycles. The van der Waals surface area contributed by atoms with Crippen LogP contribution in [0, 0.1) is 6.92 Å². The highest BCUT2D eigenvalue weighted by atomic mass is 35.5. The van der Waals surface area contributed by atoms with Gasteiger partial charge in [-0.15, -0.1) is 0 Å². The lowest BCUT2D eigenvalue weighted by Crippen LogP contribution is -2.48. The molecule has 0 radical (unpaired) electrons. The molecule has 0 saturated carbocycles. The number of amides is 2. The summed E-state index contributed by atoms with van der Waals surface area (Å²) in [5.41, 5.74) is 3.11. The van der Waals surface area contributed by atoms with Gasteiger partial charge in [0.15, 0.2) is 0 Å². The number of fused-ring (bicyclic) bond motifs is 1. The zero-order valence-corrected chi connectivity index (χ0v) is 21.3. The number of piperidine rings is 1. The number of carbonyl (C=O) groups is 2. The molecule has 2 aromatic rings. The minimum absolute atomic E-state index is 0.0215. The highest BCUT2D eigenvalue weighted by molar-refractivity contribution is 6.36. The molecule has 2 aliphatic heterocycles. The van der Waals surface area contributed by atoms with E-state index >= 15 is 0 Å². The van der Waals surface area contributed by atoms with Crippen molar-refractivity contribution >= 4 is 35.2 Å². The Kier molecular flexibility index (Phi) is 6.82. The van der Waals surface area contributed by atoms with Crippen LogP contribution >= 0.6 is 23.2 Å². The SMILES string of the molecule is Cc1nc2c(c(-c3ccc(Cl)cc3Cl)c1CO)C(=O)N(C1CCN(C(=O)OC(C)(C)C)CC1)C2. The van der Waals surface area contributed by atoms with Gasteiger partial charge >= 0.3 is 6.09 Å². The molecule has 1 fully saturated rings. The molecular weight excluding hydrogens is 477 g/mol. The number of nitrogens with zero attached hydrogens (tertiary/aromatic N) is 3. The van der Waals surface area contributed by atoms with Gasteiger partial charge in [-0.1, -0.05) is 29.3 Å². The minimum atomic E-state index is -0.548. The number of carbonyl (C=O) groups excluding carboxylic acids is 2. The van der Waals surface area contributed by atoms with Gasteiger partial charge in [-0.25, -0.2) is 4.79 Å². The van der Waals surface area contributed by atoms with Crippen molar-refractivity contribution in [2.45, 2.75) is 65.3 Å². The second-order valence-electron chi connectivity index (χ2n) is 9.79. The van der Waals surface area contributed by atoms with Crippen LogP contribution in [0.3, 0.4) is 0 Å². The van der Waals surface area contributed by atoms with E-state index in [4.69, 9.17) is 27.9 Å². The Balaban J connectivity index is 1.61. The Morgan fingerprint density at radius 1 is 1.21 bits per heavy atom. The quantitative estimate of drug-likeness (QED) is 0.618. The van der Waals surface area contributed by atoms with Crippen molar-refractivity contribution in [3.05, 3.63) is 50.8 Å². The van der Waals surface area contributed by atoms with E-state index in [-0.39, 0.29) is 24.6 Å². The second kappa shape index (κ2) is 9.36. The molecule has 0 aliphatic carbocycles. The van der Waals surface area contributed by atoms with Crippen molar-refractivity contribution < 1.29 is 19.4 Å². The molecule has 0 unspecified atom stereocenters. The molecule has 1 aromatic heterocycles. The van der Waals surface area contributed by atoms with Gasteiger partial charge in [-0.3, -0.25) is 9.78 Å². The number of pyridine rings is 1. The van der Waals surface area contributed by atoms with Crippen molar-refractivity contribution in [3.8, 4) is 11.1 Å². The predicted octanol–water partition coefficient (Wildman–Crippen LogP) is 5.21. The summed E-state index contributed by atoms with van der Waals surface area (Å²) in [6, 6.07) is 5.10. The molecular formula is C25H29Cl2N3O4. The molecule has 2 aliphatic rings. The highest BCUT2D eigenvalue weighted by Crippen LogP contribution is 2.41. The van der Waals surface area contributed by atoms with Gasteiger partial charge in [-0.2, -0.15) is 0 Å². The monoisotopic (exact) mass is 505 g/mol. The van der Waals surface area contributed by atoms with Crippen molar-refractivity contribution in [3.63, 3.8) is 0 Å². The Hall–Kier alpha value is -2.35. The predicted molar refractivity (Wildman–Crippen MR) is 131 cm³/mol. The largest absolute Gasteiger partial charge is 0.444 e. The number of hydrogen-bond acceptors (Lipinski definition) is 5. The first-order valence-corrected chi connectivity index (χ1v) is 12.1. The van der Waals surface area contributed by atoms with Gasteiger partial charge in [0.05, 0.1) is 24.4 Å². The number of hydrogen-bond donors (Lipinski definition) is 1. The molecule has 0 atom stereocenters. The Bertz CT molecular complexity index is 1140. The Morgan fingerprint density at radius 2 is 1.88 bits per heavy atom. The standard InChI is InChI=1S/C25H29Cl2N3O4/c1-14-18(13-31)21(17-6-5-15(26)11-19(17)27)22-20(28-14)12-30(23(22)32)16-7-9-29(10-8-16)24(33)34-25(2,3)4/h5-6,11,16,31H,7-10,12-13H2,1-4H3. The van der Waals surface area contributed by atoms with Gasteiger partial charge in [0.1, 0.15) is 5.60 Å². The fourth-order valence-corrected chi connectivity index (χ4v) is 5.19. The fraction of sp³-hybridized carbons (Fsp3) is 0.480. The van der Waals surface area contributed by atoms with Crippen molar-refractivity contribution in [2.75, 3.05) is 13.1 Å². The van der Waals surface area contributed by atoms with E-state index in [2.05, 4.69) is 4.98 Å². The van der Waals surface area contributed by atoms with Crippen molar-refractivity contribution in [2.24, 2.45) is 0 Å². The van der Waals surface area contributed by atoms with Crippen LogP contribution in [-0.4, -0.2) is 56.6 Å². The first kappa shape index (κ1) is 24.8. The Morgan fingerprint density at radius 3 is 2.47 bits per heavy atom. The third kappa shape index (κ3) is 4.74. The lowest BCUT2D eigenvalue weighted by atomic mass is 9.93. The first-order chi connectivity index (χ1) is 16.0. The fourth-order valence-electron chi connectivity index (χ4n) is 4.69. The third-order valence-corrected chi connectivity index (χ3v) is 6.84. The maximum absolute atomic E-state index is 13.7. The van der Waals surface area contributed by atoms with E-state index in [1.165, 1.54) is 0 Å². The smallest absolute Gasteiger partial charge is 0.410 e. The van der Waals surface area contributed by atoms with Crippen LogP contribution in [0.25, 0.3) is 11.1 Å². The van der Waals surface area contributed by atoms with E-state index < -0.39 is 5.60 Å². The zero-order chi connectivity index (χ0) is 24.8. The summed E-state index contributed by atoms with van der Waals surface area (Å²) < 4.78 is 5.48. The number of aryl methyl sites for hydroxylation is 1. The summed E-state index contributed by atoms with van der Waals surface area (Å²) in [4.78, 5) is 34.3. The minimum Gasteiger partial charge on any atom is -0.444 e. The first-order valence-electron chi connectivity index (χ1n) is 11.4. The van der Waals surface area contributed by atoms with E-state index in [1.54, 1.807) is 23.1 Å². The van der Waals surface area contributed by atoms with Crippen LogP contribution in [0.4, 0.5) is 4.79 Å². The zero-order valence-electron chi connectivity index (χ0n) is 19.8. The van der Waals surface area contributed by atoms with Crippen LogP contribution in [0.15, 0.2) is 18.2 Å². The number of aromatic nitrogens is 1. The molecule has 4 rings (SSSR count). The topological polar surface area (TPSA) is 83.0 Å². The molecule has 1 N–H and O–H groups in total. The van der Waals surface area contributed by atoms with Crippen LogP contribution in [0.5, 0.6) is 0 Å². The van der Waals surface area contributed by atoms with E-state index in [0.717, 1.165) is 0 Å². The maximum atomic E-state index is 13.7. The highest BCUT2D eigenvalue weighted by Gasteiger charge is 2.39. The normalized spacial score (nSPS) is 16.7. The molecule has 3 heterocycles. The van der Waals surface area contributed by atoms with Gasteiger partial charge in [0.2, 0.25) is 0 Å².